The molecule has 10 nitrogen and oxygen atoms in total. The van der Waals surface area contributed by atoms with Crippen LogP contribution in [-0.2, 0) is 13.0 Å². The number of carbonyl (C=O) groups excluding carboxylic acids is 1. The number of fused-ring (bicyclic) bond motifs is 3. The molecule has 1 aliphatic rings. The highest BCUT2D eigenvalue weighted by atomic mass is 16.5. The topological polar surface area (TPSA) is 110 Å². The van der Waals surface area contributed by atoms with Crippen LogP contribution in [0, 0.1) is 0 Å². The molecule has 3 aromatic carbocycles. The molecular weight excluding hydrogens is 568 g/mol. The molecule has 1 heterocycles. The van der Waals surface area contributed by atoms with Crippen LogP contribution < -0.4 is 30.2 Å². The minimum absolute atomic E-state index is 0.157. The Morgan fingerprint density at radius 3 is 2.38 bits per heavy atom. The summed E-state index contributed by atoms with van der Waals surface area (Å²) < 4.78 is 16.2. The second-order valence-electron chi connectivity index (χ2n) is 11.3. The Morgan fingerprint density at radius 1 is 0.956 bits per heavy atom. The van der Waals surface area contributed by atoms with Gasteiger partial charge in [0.05, 0.1) is 27.0 Å². The van der Waals surface area contributed by atoms with Gasteiger partial charge in [-0.15, -0.1) is 0 Å². The Bertz CT molecular complexity index is 1580. The summed E-state index contributed by atoms with van der Waals surface area (Å²) in [5.74, 6) is 2.40. The SMILES string of the molecule is COc1cc(CNC(=O)Nc2ccc(C3Cc4cnc(NCCCCN(C)C)nc4-c4ccccc43)cc2)cc(OC)c1OC. The second kappa shape index (κ2) is 14.8. The molecule has 0 saturated carbocycles. The molecule has 0 saturated heterocycles. The monoisotopic (exact) mass is 610 g/mol. The van der Waals surface area contributed by atoms with Crippen LogP contribution in [-0.4, -0.2) is 69.4 Å². The van der Waals surface area contributed by atoms with E-state index in [9.17, 15) is 4.79 Å². The summed E-state index contributed by atoms with van der Waals surface area (Å²) in [7, 11) is 8.87. The van der Waals surface area contributed by atoms with Crippen LogP contribution in [0.2, 0.25) is 0 Å². The van der Waals surface area contributed by atoms with Crippen molar-refractivity contribution >= 4 is 17.7 Å². The first-order chi connectivity index (χ1) is 21.9. The van der Waals surface area contributed by atoms with Gasteiger partial charge in [0.1, 0.15) is 0 Å². The Kier molecular flexibility index (Phi) is 10.4. The lowest BCUT2D eigenvalue weighted by molar-refractivity contribution is 0.251. The predicted octanol–water partition coefficient (Wildman–Crippen LogP) is 5.93. The van der Waals surface area contributed by atoms with Gasteiger partial charge in [-0.1, -0.05) is 36.4 Å². The molecule has 10 heteroatoms. The van der Waals surface area contributed by atoms with Gasteiger partial charge in [-0.2, -0.15) is 0 Å². The molecule has 2 amide bonds. The molecule has 0 bridgehead atoms. The average molecular weight is 611 g/mol. The number of aromatic nitrogens is 2. The Labute approximate surface area is 265 Å². The quantitative estimate of drug-likeness (QED) is 0.160. The van der Waals surface area contributed by atoms with Gasteiger partial charge in [0.2, 0.25) is 11.7 Å². The van der Waals surface area contributed by atoms with Crippen molar-refractivity contribution in [2.45, 2.75) is 31.7 Å². The van der Waals surface area contributed by atoms with Gasteiger partial charge in [0, 0.05) is 36.5 Å². The van der Waals surface area contributed by atoms with Gasteiger partial charge in [0.15, 0.2) is 11.5 Å². The number of amides is 2. The van der Waals surface area contributed by atoms with Crippen molar-refractivity contribution < 1.29 is 19.0 Å². The highest BCUT2D eigenvalue weighted by Gasteiger charge is 2.27. The predicted molar refractivity (Wildman–Crippen MR) is 178 cm³/mol. The van der Waals surface area contributed by atoms with Gasteiger partial charge in [-0.3, -0.25) is 0 Å². The molecule has 1 aromatic heterocycles. The van der Waals surface area contributed by atoms with Gasteiger partial charge in [-0.25, -0.2) is 14.8 Å². The number of carbonyl (C=O) groups is 1. The van der Waals surface area contributed by atoms with Crippen LogP contribution in [0.25, 0.3) is 11.3 Å². The minimum atomic E-state index is -0.312. The van der Waals surface area contributed by atoms with Crippen LogP contribution in [0.3, 0.4) is 0 Å². The standard InChI is InChI=1S/C35H42N6O4/c1-41(2)17-9-8-16-36-34-37-22-25-20-29(27-10-6-7-11-28(27)32(25)40-34)24-12-14-26(15-13-24)39-35(42)38-21-23-18-30(43-3)33(45-5)31(19-23)44-4/h6-7,10-15,18-19,22,29H,8-9,16-17,20-21H2,1-5H3,(H,36,37,40)(H2,38,39,42). The summed E-state index contributed by atoms with van der Waals surface area (Å²) in [5, 5.41) is 9.22. The molecule has 3 N–H and O–H groups in total. The summed E-state index contributed by atoms with van der Waals surface area (Å²) in [6.45, 7) is 2.21. The van der Waals surface area contributed by atoms with E-state index in [1.54, 1.807) is 21.3 Å². The van der Waals surface area contributed by atoms with Crippen molar-refractivity contribution in [2.24, 2.45) is 0 Å². The van der Waals surface area contributed by atoms with E-state index < -0.39 is 0 Å². The van der Waals surface area contributed by atoms with Gasteiger partial charge in [0.25, 0.3) is 0 Å². The molecule has 0 aliphatic heterocycles. The largest absolute Gasteiger partial charge is 0.493 e. The molecule has 1 unspecified atom stereocenters. The first-order valence-corrected chi connectivity index (χ1v) is 15.2. The summed E-state index contributed by atoms with van der Waals surface area (Å²) >= 11 is 0. The van der Waals surface area contributed by atoms with Crippen molar-refractivity contribution in [3.63, 3.8) is 0 Å². The van der Waals surface area contributed by atoms with E-state index in [4.69, 9.17) is 19.2 Å². The number of methoxy groups -OCH3 is 3. The normalized spacial score (nSPS) is 13.4. The van der Waals surface area contributed by atoms with E-state index in [0.29, 0.717) is 28.9 Å². The lowest BCUT2D eigenvalue weighted by atomic mass is 9.78. The highest BCUT2D eigenvalue weighted by molar-refractivity contribution is 5.89. The van der Waals surface area contributed by atoms with E-state index in [-0.39, 0.29) is 18.5 Å². The second-order valence-corrected chi connectivity index (χ2v) is 11.3. The summed E-state index contributed by atoms with van der Waals surface area (Å²) in [6, 6.07) is 19.8. The van der Waals surface area contributed by atoms with Crippen LogP contribution in [0.4, 0.5) is 16.4 Å². The first-order valence-electron chi connectivity index (χ1n) is 15.2. The van der Waals surface area contributed by atoms with Crippen LogP contribution >= 0.6 is 0 Å². The maximum atomic E-state index is 12.7. The van der Waals surface area contributed by atoms with Crippen molar-refractivity contribution in [1.82, 2.24) is 20.2 Å². The third-order valence-corrected chi connectivity index (χ3v) is 7.94. The van der Waals surface area contributed by atoms with E-state index in [0.717, 1.165) is 54.7 Å². The zero-order valence-electron chi connectivity index (χ0n) is 26.6. The van der Waals surface area contributed by atoms with Crippen molar-refractivity contribution in [3.05, 3.63) is 89.1 Å². The van der Waals surface area contributed by atoms with Crippen LogP contribution in [0.1, 0.15) is 41.0 Å². The summed E-state index contributed by atoms with van der Waals surface area (Å²) in [6.07, 6.45) is 4.96. The fourth-order valence-corrected chi connectivity index (χ4v) is 5.67. The Hall–Kier alpha value is -4.83. The molecule has 1 atom stereocenters. The Balaban J connectivity index is 1.22. The third kappa shape index (κ3) is 7.64. The number of anilines is 2. The summed E-state index contributed by atoms with van der Waals surface area (Å²) in [4.78, 5) is 24.5. The molecule has 45 heavy (non-hydrogen) atoms. The van der Waals surface area contributed by atoms with Gasteiger partial charge < -0.3 is 35.1 Å². The molecule has 5 rings (SSSR count). The fourth-order valence-electron chi connectivity index (χ4n) is 5.67. The molecule has 4 aromatic rings. The first kappa shape index (κ1) is 31.6. The number of hydrogen-bond donors (Lipinski definition) is 3. The van der Waals surface area contributed by atoms with Gasteiger partial charge >= 0.3 is 6.03 Å². The smallest absolute Gasteiger partial charge is 0.319 e. The number of rotatable bonds is 13. The number of ether oxygens (including phenoxy) is 3. The van der Waals surface area contributed by atoms with Crippen molar-refractivity contribution in [3.8, 4) is 28.5 Å². The maximum Gasteiger partial charge on any atom is 0.319 e. The van der Waals surface area contributed by atoms with Crippen LogP contribution in [0.5, 0.6) is 17.2 Å². The summed E-state index contributed by atoms with van der Waals surface area (Å²) in [5.41, 5.74) is 7.19. The number of unbranched alkanes of at least 4 members (excludes halogenated alkanes) is 1. The van der Waals surface area contributed by atoms with E-state index in [1.807, 2.05) is 30.5 Å². The number of urea groups is 1. The minimum Gasteiger partial charge on any atom is -0.493 e. The van der Waals surface area contributed by atoms with Crippen molar-refractivity contribution in [1.29, 1.82) is 0 Å². The zero-order chi connectivity index (χ0) is 31.8. The van der Waals surface area contributed by atoms with E-state index in [2.05, 4.69) is 76.3 Å². The number of nitrogens with one attached hydrogen (secondary N) is 3. The third-order valence-electron chi connectivity index (χ3n) is 7.94. The zero-order valence-corrected chi connectivity index (χ0v) is 26.6. The molecule has 0 spiro atoms. The fraction of sp³-hybridized carbons (Fsp3) is 0.343. The van der Waals surface area contributed by atoms with Crippen LogP contribution in [0.15, 0.2) is 66.9 Å². The Morgan fingerprint density at radius 2 is 1.69 bits per heavy atom. The van der Waals surface area contributed by atoms with E-state index in [1.165, 1.54) is 11.1 Å². The van der Waals surface area contributed by atoms with E-state index >= 15 is 0 Å². The lowest BCUT2D eigenvalue weighted by Gasteiger charge is -2.27. The molecule has 1 aliphatic carbocycles. The highest BCUT2D eigenvalue weighted by Crippen LogP contribution is 2.42. The molecular formula is C35H42N6O4. The van der Waals surface area contributed by atoms with Gasteiger partial charge in [-0.05, 0) is 86.4 Å². The lowest BCUT2D eigenvalue weighted by Crippen LogP contribution is -2.28. The molecule has 0 fully saturated rings. The average Bonchev–Trinajstić information content (AvgIpc) is 3.06. The molecule has 0 radical (unpaired) electrons. The maximum absolute atomic E-state index is 12.7. The number of nitrogens with zero attached hydrogens (tertiary/aromatic N) is 3. The van der Waals surface area contributed by atoms with Crippen molar-refractivity contribution in [2.75, 3.05) is 59.1 Å². The number of benzene rings is 3. The molecule has 236 valence electrons. The number of hydrogen-bond acceptors (Lipinski definition) is 8.